The van der Waals surface area contributed by atoms with Crippen molar-refractivity contribution in [2.45, 2.75) is 12.6 Å². The second-order valence-electron chi connectivity index (χ2n) is 6.64. The Labute approximate surface area is 158 Å². The van der Waals surface area contributed by atoms with E-state index in [0.717, 1.165) is 63.4 Å². The highest BCUT2D eigenvalue weighted by atomic mass is 32.1. The maximum atomic E-state index is 5.60. The third kappa shape index (κ3) is 3.86. The predicted octanol–water partition coefficient (Wildman–Crippen LogP) is 2.13. The summed E-state index contributed by atoms with van der Waals surface area (Å²) in [6.07, 6.45) is 2.04. The number of hydrogen-bond donors (Lipinski definition) is 1. The second kappa shape index (κ2) is 8.35. The Hall–Kier alpha value is -1.67. The quantitative estimate of drug-likeness (QED) is 0.865. The van der Waals surface area contributed by atoms with Crippen molar-refractivity contribution in [3.8, 4) is 5.75 Å². The summed E-state index contributed by atoms with van der Waals surface area (Å²) in [4.78, 5) is 10.8. The number of methoxy groups -OCH3 is 1. The van der Waals surface area contributed by atoms with E-state index in [1.54, 1.807) is 18.4 Å². The SMILES string of the molecule is COc1ccccc1C1CNCCN1Cc1cnc(N2CCOCC2)s1. The van der Waals surface area contributed by atoms with E-state index in [-0.39, 0.29) is 0 Å². The first-order valence-electron chi connectivity index (χ1n) is 9.20. The van der Waals surface area contributed by atoms with Crippen molar-refractivity contribution in [3.63, 3.8) is 0 Å². The zero-order chi connectivity index (χ0) is 17.8. The molecule has 0 aliphatic carbocycles. The molecular weight excluding hydrogens is 348 g/mol. The number of nitrogens with one attached hydrogen (secondary N) is 1. The Kier molecular flexibility index (Phi) is 5.69. The van der Waals surface area contributed by atoms with Gasteiger partial charge in [-0.15, -0.1) is 11.3 Å². The second-order valence-corrected chi connectivity index (χ2v) is 7.73. The first-order chi connectivity index (χ1) is 12.8. The molecule has 2 aliphatic heterocycles. The number of ether oxygens (including phenoxy) is 2. The molecule has 1 atom stereocenters. The fourth-order valence-electron chi connectivity index (χ4n) is 3.66. The van der Waals surface area contributed by atoms with Gasteiger partial charge in [-0.1, -0.05) is 18.2 Å². The van der Waals surface area contributed by atoms with E-state index < -0.39 is 0 Å². The van der Waals surface area contributed by atoms with Crippen LogP contribution in [-0.4, -0.2) is 62.9 Å². The molecule has 140 valence electrons. The van der Waals surface area contributed by atoms with Crippen LogP contribution in [0, 0.1) is 0 Å². The van der Waals surface area contributed by atoms with Crippen molar-refractivity contribution in [2.75, 3.05) is 57.9 Å². The molecule has 26 heavy (non-hydrogen) atoms. The molecule has 1 unspecified atom stereocenters. The first-order valence-corrected chi connectivity index (χ1v) is 10.0. The van der Waals surface area contributed by atoms with Gasteiger partial charge in [-0.3, -0.25) is 4.90 Å². The molecular formula is C19H26N4O2S. The van der Waals surface area contributed by atoms with E-state index >= 15 is 0 Å². The number of hydrogen-bond acceptors (Lipinski definition) is 7. The van der Waals surface area contributed by atoms with Gasteiger partial charge in [0.15, 0.2) is 5.13 Å². The standard InChI is InChI=1S/C19H26N4O2S/c1-24-18-5-3-2-4-16(18)17-13-20-6-7-23(17)14-15-12-21-19(26-15)22-8-10-25-11-9-22/h2-5,12,17,20H,6-11,13-14H2,1H3. The lowest BCUT2D eigenvalue weighted by Crippen LogP contribution is -2.45. The summed E-state index contributed by atoms with van der Waals surface area (Å²) in [6.45, 7) is 7.36. The van der Waals surface area contributed by atoms with Gasteiger partial charge in [0.05, 0.1) is 26.4 Å². The number of nitrogens with zero attached hydrogens (tertiary/aromatic N) is 3. The maximum absolute atomic E-state index is 5.60. The molecule has 7 heteroatoms. The normalized spacial score (nSPS) is 21.7. The summed E-state index contributed by atoms with van der Waals surface area (Å²) < 4.78 is 11.0. The number of thiazole rings is 1. The molecule has 1 aromatic carbocycles. The van der Waals surface area contributed by atoms with Crippen LogP contribution in [0.5, 0.6) is 5.75 Å². The first kappa shape index (κ1) is 17.7. The molecule has 0 bridgehead atoms. The Morgan fingerprint density at radius 2 is 2.12 bits per heavy atom. The Bertz CT molecular complexity index is 717. The largest absolute Gasteiger partial charge is 0.496 e. The van der Waals surface area contributed by atoms with E-state index in [0.29, 0.717) is 6.04 Å². The number of morpholine rings is 1. The zero-order valence-corrected chi connectivity index (χ0v) is 16.0. The molecule has 0 amide bonds. The lowest BCUT2D eigenvalue weighted by molar-refractivity contribution is 0.122. The highest BCUT2D eigenvalue weighted by molar-refractivity contribution is 7.15. The van der Waals surface area contributed by atoms with Crippen molar-refractivity contribution in [1.82, 2.24) is 15.2 Å². The highest BCUT2D eigenvalue weighted by Crippen LogP contribution is 2.32. The van der Waals surface area contributed by atoms with Gasteiger partial charge in [-0.05, 0) is 6.07 Å². The van der Waals surface area contributed by atoms with Crippen molar-refractivity contribution in [1.29, 1.82) is 0 Å². The summed E-state index contributed by atoms with van der Waals surface area (Å²) >= 11 is 1.81. The Morgan fingerprint density at radius 3 is 2.96 bits per heavy atom. The fourth-order valence-corrected chi connectivity index (χ4v) is 4.64. The van der Waals surface area contributed by atoms with Gasteiger partial charge in [0.1, 0.15) is 5.75 Å². The van der Waals surface area contributed by atoms with Crippen LogP contribution in [0.2, 0.25) is 0 Å². The van der Waals surface area contributed by atoms with E-state index in [1.807, 2.05) is 18.3 Å². The van der Waals surface area contributed by atoms with Crippen LogP contribution < -0.4 is 15.0 Å². The average molecular weight is 375 g/mol. The van der Waals surface area contributed by atoms with Gasteiger partial charge >= 0.3 is 0 Å². The van der Waals surface area contributed by atoms with Crippen LogP contribution in [0.3, 0.4) is 0 Å². The molecule has 1 N–H and O–H groups in total. The molecule has 3 heterocycles. The highest BCUT2D eigenvalue weighted by Gasteiger charge is 2.27. The van der Waals surface area contributed by atoms with Crippen LogP contribution in [0.1, 0.15) is 16.5 Å². The number of para-hydroxylation sites is 1. The van der Waals surface area contributed by atoms with Gasteiger partial charge in [0.2, 0.25) is 0 Å². The van der Waals surface area contributed by atoms with Crippen molar-refractivity contribution >= 4 is 16.5 Å². The zero-order valence-electron chi connectivity index (χ0n) is 15.2. The molecule has 1 aromatic heterocycles. The molecule has 2 fully saturated rings. The summed E-state index contributed by atoms with van der Waals surface area (Å²) in [5, 5.41) is 4.64. The molecule has 2 aromatic rings. The third-order valence-corrected chi connectivity index (χ3v) is 6.08. The van der Waals surface area contributed by atoms with E-state index in [2.05, 4.69) is 32.2 Å². The van der Waals surface area contributed by atoms with Gasteiger partial charge in [-0.2, -0.15) is 0 Å². The summed E-state index contributed by atoms with van der Waals surface area (Å²) in [7, 11) is 1.75. The lowest BCUT2D eigenvalue weighted by atomic mass is 10.0. The topological polar surface area (TPSA) is 49.9 Å². The molecule has 0 radical (unpaired) electrons. The molecule has 0 saturated carbocycles. The minimum absolute atomic E-state index is 0.314. The summed E-state index contributed by atoms with van der Waals surface area (Å²) in [6, 6.07) is 8.66. The summed E-state index contributed by atoms with van der Waals surface area (Å²) in [5.74, 6) is 0.963. The molecule has 0 spiro atoms. The van der Waals surface area contributed by atoms with Crippen LogP contribution in [-0.2, 0) is 11.3 Å². The van der Waals surface area contributed by atoms with Crippen LogP contribution in [0.25, 0.3) is 0 Å². The summed E-state index contributed by atoms with van der Waals surface area (Å²) in [5.41, 5.74) is 1.25. The van der Waals surface area contributed by atoms with E-state index in [4.69, 9.17) is 9.47 Å². The molecule has 6 nitrogen and oxygen atoms in total. The van der Waals surface area contributed by atoms with Crippen LogP contribution >= 0.6 is 11.3 Å². The van der Waals surface area contributed by atoms with Crippen LogP contribution in [0.15, 0.2) is 30.5 Å². The van der Waals surface area contributed by atoms with Gasteiger partial charge < -0.3 is 19.7 Å². The maximum Gasteiger partial charge on any atom is 0.185 e. The van der Waals surface area contributed by atoms with Crippen LogP contribution in [0.4, 0.5) is 5.13 Å². The van der Waals surface area contributed by atoms with Crippen molar-refractivity contribution in [3.05, 3.63) is 40.9 Å². The van der Waals surface area contributed by atoms with Gasteiger partial charge in [0, 0.05) is 55.9 Å². The fraction of sp³-hybridized carbons (Fsp3) is 0.526. The number of anilines is 1. The van der Waals surface area contributed by atoms with Gasteiger partial charge in [-0.25, -0.2) is 4.98 Å². The number of benzene rings is 1. The van der Waals surface area contributed by atoms with Gasteiger partial charge in [0.25, 0.3) is 0 Å². The predicted molar refractivity (Wildman–Crippen MR) is 104 cm³/mol. The number of aromatic nitrogens is 1. The number of piperazine rings is 1. The monoisotopic (exact) mass is 374 g/mol. The smallest absolute Gasteiger partial charge is 0.185 e. The molecule has 2 saturated heterocycles. The van der Waals surface area contributed by atoms with E-state index in [1.165, 1.54) is 10.4 Å². The van der Waals surface area contributed by atoms with E-state index in [9.17, 15) is 0 Å². The average Bonchev–Trinajstić information content (AvgIpc) is 3.18. The minimum Gasteiger partial charge on any atom is -0.496 e. The minimum atomic E-state index is 0.314. The molecule has 2 aliphatic rings. The Balaban J connectivity index is 1.49. The lowest BCUT2D eigenvalue weighted by Gasteiger charge is -2.36. The number of rotatable bonds is 5. The van der Waals surface area contributed by atoms with Crippen molar-refractivity contribution in [2.24, 2.45) is 0 Å². The van der Waals surface area contributed by atoms with Crippen molar-refractivity contribution < 1.29 is 9.47 Å². The third-order valence-electron chi connectivity index (χ3n) is 5.03. The molecule has 4 rings (SSSR count). The Morgan fingerprint density at radius 1 is 1.27 bits per heavy atom.